The highest BCUT2D eigenvalue weighted by Gasteiger charge is 2.21. The highest BCUT2D eigenvalue weighted by atomic mass is 32.2. The molecule has 0 saturated heterocycles. The predicted molar refractivity (Wildman–Crippen MR) is 84.6 cm³/mol. The third kappa shape index (κ3) is 3.84. The molecule has 0 fully saturated rings. The first-order valence-corrected chi connectivity index (χ1v) is 7.77. The fourth-order valence-corrected chi connectivity index (χ4v) is 3.54. The fraction of sp³-hybridized carbons (Fsp3) is 0.294. The van der Waals surface area contributed by atoms with E-state index in [1.165, 1.54) is 17.7 Å². The van der Waals surface area contributed by atoms with Crippen LogP contribution in [0.5, 0.6) is 0 Å². The van der Waals surface area contributed by atoms with Gasteiger partial charge in [-0.1, -0.05) is 37.3 Å². The summed E-state index contributed by atoms with van der Waals surface area (Å²) < 4.78 is 13.0. The summed E-state index contributed by atoms with van der Waals surface area (Å²) in [6.07, 6.45) is 1.04. The Balaban J connectivity index is 2.15. The molecule has 0 radical (unpaired) electrons. The van der Waals surface area contributed by atoms with E-state index in [2.05, 4.69) is 36.5 Å². The number of hydrogen-bond donors (Lipinski definition) is 1. The van der Waals surface area contributed by atoms with Gasteiger partial charge in [0.1, 0.15) is 5.82 Å². The molecule has 2 rings (SSSR count). The number of rotatable bonds is 6. The Bertz CT molecular complexity index is 512. The smallest absolute Gasteiger partial charge is 0.123 e. The Kier molecular flexibility index (Phi) is 5.62. The lowest BCUT2D eigenvalue weighted by atomic mass is 10.0. The summed E-state index contributed by atoms with van der Waals surface area (Å²) in [4.78, 5) is 1.11. The Labute approximate surface area is 124 Å². The van der Waals surface area contributed by atoms with Crippen molar-refractivity contribution >= 4 is 11.8 Å². The van der Waals surface area contributed by atoms with E-state index in [9.17, 15) is 4.39 Å². The van der Waals surface area contributed by atoms with E-state index in [0.29, 0.717) is 5.25 Å². The Morgan fingerprint density at radius 1 is 1.05 bits per heavy atom. The van der Waals surface area contributed by atoms with Crippen molar-refractivity contribution < 1.29 is 4.39 Å². The summed E-state index contributed by atoms with van der Waals surface area (Å²) in [5.74, 6) is -0.185. The molecule has 2 unspecified atom stereocenters. The summed E-state index contributed by atoms with van der Waals surface area (Å²) in [5.41, 5.74) is 1.29. The third-order valence-corrected chi connectivity index (χ3v) is 4.80. The van der Waals surface area contributed by atoms with Crippen LogP contribution in [0.2, 0.25) is 0 Å². The monoisotopic (exact) mass is 289 g/mol. The summed E-state index contributed by atoms with van der Waals surface area (Å²) in [7, 11) is 1.99. The predicted octanol–water partition coefficient (Wildman–Crippen LogP) is 4.66. The largest absolute Gasteiger partial charge is 0.312 e. The molecule has 0 heterocycles. The minimum atomic E-state index is -0.185. The van der Waals surface area contributed by atoms with Gasteiger partial charge in [-0.2, -0.15) is 0 Å². The van der Waals surface area contributed by atoms with Gasteiger partial charge in [0.25, 0.3) is 0 Å². The molecule has 0 bridgehead atoms. The molecular weight excluding hydrogens is 269 g/mol. The van der Waals surface area contributed by atoms with Crippen molar-refractivity contribution in [3.05, 3.63) is 66.0 Å². The van der Waals surface area contributed by atoms with Crippen LogP contribution in [0.4, 0.5) is 4.39 Å². The first kappa shape index (κ1) is 15.1. The Morgan fingerprint density at radius 2 is 1.70 bits per heavy atom. The van der Waals surface area contributed by atoms with Gasteiger partial charge in [-0.05, 0) is 43.3 Å². The van der Waals surface area contributed by atoms with Crippen LogP contribution < -0.4 is 5.32 Å². The zero-order valence-electron chi connectivity index (χ0n) is 11.8. The van der Waals surface area contributed by atoms with Crippen LogP contribution in [0.15, 0.2) is 59.5 Å². The van der Waals surface area contributed by atoms with Crippen molar-refractivity contribution in [1.29, 1.82) is 0 Å². The van der Waals surface area contributed by atoms with E-state index < -0.39 is 0 Å². The highest BCUT2D eigenvalue weighted by molar-refractivity contribution is 8.00. The molecule has 0 spiro atoms. The van der Waals surface area contributed by atoms with Crippen LogP contribution in [-0.2, 0) is 0 Å². The number of hydrogen-bond acceptors (Lipinski definition) is 2. The van der Waals surface area contributed by atoms with Gasteiger partial charge >= 0.3 is 0 Å². The van der Waals surface area contributed by atoms with Crippen molar-refractivity contribution in [1.82, 2.24) is 5.32 Å². The molecule has 2 atom stereocenters. The van der Waals surface area contributed by atoms with Gasteiger partial charge in [-0.3, -0.25) is 0 Å². The second-order valence-corrected chi connectivity index (χ2v) is 6.01. The van der Waals surface area contributed by atoms with E-state index in [-0.39, 0.29) is 11.9 Å². The van der Waals surface area contributed by atoms with E-state index in [1.807, 2.05) is 25.2 Å². The summed E-state index contributed by atoms with van der Waals surface area (Å²) in [5, 5.41) is 3.82. The molecular formula is C17H20FNS. The molecule has 0 amide bonds. The Hall–Kier alpha value is -1.32. The summed E-state index contributed by atoms with van der Waals surface area (Å²) >= 11 is 1.80. The molecule has 3 heteroatoms. The molecule has 0 aliphatic rings. The maximum atomic E-state index is 13.0. The van der Waals surface area contributed by atoms with Gasteiger partial charge in [-0.15, -0.1) is 11.8 Å². The van der Waals surface area contributed by atoms with Gasteiger partial charge in [-0.25, -0.2) is 4.39 Å². The molecule has 0 aromatic heterocycles. The SMILES string of the molecule is CCC(Sc1ccc(F)cc1)C(NC)c1ccccc1. The first-order valence-electron chi connectivity index (χ1n) is 6.89. The van der Waals surface area contributed by atoms with Crippen LogP contribution in [0.3, 0.4) is 0 Å². The van der Waals surface area contributed by atoms with Gasteiger partial charge in [0, 0.05) is 16.2 Å². The zero-order chi connectivity index (χ0) is 14.4. The van der Waals surface area contributed by atoms with Gasteiger partial charge in [0.2, 0.25) is 0 Å². The van der Waals surface area contributed by atoms with E-state index >= 15 is 0 Å². The quantitative estimate of drug-likeness (QED) is 0.776. The van der Waals surface area contributed by atoms with Crippen molar-refractivity contribution in [2.24, 2.45) is 0 Å². The molecule has 2 aromatic rings. The Morgan fingerprint density at radius 3 is 2.25 bits per heavy atom. The lowest BCUT2D eigenvalue weighted by Gasteiger charge is -2.26. The molecule has 1 N–H and O–H groups in total. The summed E-state index contributed by atoms with van der Waals surface area (Å²) in [6.45, 7) is 2.19. The third-order valence-electron chi connectivity index (χ3n) is 3.34. The second kappa shape index (κ2) is 7.46. The van der Waals surface area contributed by atoms with Gasteiger partial charge < -0.3 is 5.32 Å². The maximum absolute atomic E-state index is 13.0. The molecule has 2 aromatic carbocycles. The number of nitrogens with one attached hydrogen (secondary N) is 1. The van der Waals surface area contributed by atoms with Crippen LogP contribution >= 0.6 is 11.8 Å². The fourth-order valence-electron chi connectivity index (χ4n) is 2.30. The number of halogens is 1. The average Bonchev–Trinajstić information content (AvgIpc) is 2.50. The van der Waals surface area contributed by atoms with E-state index in [4.69, 9.17) is 0 Å². The van der Waals surface area contributed by atoms with E-state index in [1.54, 1.807) is 11.8 Å². The first-order chi connectivity index (χ1) is 9.74. The zero-order valence-corrected chi connectivity index (χ0v) is 12.7. The number of benzene rings is 2. The maximum Gasteiger partial charge on any atom is 0.123 e. The van der Waals surface area contributed by atoms with Crippen LogP contribution in [-0.4, -0.2) is 12.3 Å². The van der Waals surface area contributed by atoms with Crippen molar-refractivity contribution in [3.8, 4) is 0 Å². The van der Waals surface area contributed by atoms with Crippen LogP contribution in [0.1, 0.15) is 24.9 Å². The van der Waals surface area contributed by atoms with Crippen molar-refractivity contribution in [2.75, 3.05) is 7.05 Å². The molecule has 106 valence electrons. The molecule has 0 aliphatic carbocycles. The molecule has 20 heavy (non-hydrogen) atoms. The summed E-state index contributed by atoms with van der Waals surface area (Å²) in [6, 6.07) is 17.5. The van der Waals surface area contributed by atoms with Gasteiger partial charge in [0.05, 0.1) is 0 Å². The normalized spacial score (nSPS) is 13.9. The minimum absolute atomic E-state index is 0.185. The van der Waals surface area contributed by atoms with Crippen LogP contribution in [0, 0.1) is 5.82 Å². The molecule has 0 aliphatic heterocycles. The molecule has 0 saturated carbocycles. The average molecular weight is 289 g/mol. The van der Waals surface area contributed by atoms with E-state index in [0.717, 1.165) is 11.3 Å². The topological polar surface area (TPSA) is 12.0 Å². The molecule has 1 nitrogen and oxygen atoms in total. The standard InChI is InChI=1S/C17H20FNS/c1-3-16(20-15-11-9-14(18)10-12-15)17(19-2)13-7-5-4-6-8-13/h4-12,16-17,19H,3H2,1-2H3. The highest BCUT2D eigenvalue weighted by Crippen LogP contribution is 2.34. The van der Waals surface area contributed by atoms with Crippen LogP contribution in [0.25, 0.3) is 0 Å². The lowest BCUT2D eigenvalue weighted by Crippen LogP contribution is -2.26. The van der Waals surface area contributed by atoms with Crippen molar-refractivity contribution in [2.45, 2.75) is 29.5 Å². The van der Waals surface area contributed by atoms with Crippen molar-refractivity contribution in [3.63, 3.8) is 0 Å². The lowest BCUT2D eigenvalue weighted by molar-refractivity contribution is 0.555. The number of thioether (sulfide) groups is 1. The van der Waals surface area contributed by atoms with Gasteiger partial charge in [0.15, 0.2) is 0 Å². The minimum Gasteiger partial charge on any atom is -0.312 e. The second-order valence-electron chi connectivity index (χ2n) is 4.70.